The molecule has 8 nitrogen and oxygen atoms in total. The van der Waals surface area contributed by atoms with Crippen molar-refractivity contribution >= 4 is 34.3 Å². The number of esters is 1. The van der Waals surface area contributed by atoms with Crippen molar-refractivity contribution in [3.63, 3.8) is 0 Å². The van der Waals surface area contributed by atoms with Gasteiger partial charge < -0.3 is 13.6 Å². The van der Waals surface area contributed by atoms with Crippen LogP contribution in [0.5, 0.6) is 0 Å². The summed E-state index contributed by atoms with van der Waals surface area (Å²) in [6.07, 6.45) is 1.19. The standard InChI is InChI=1S/C30H55NO7Si2/c1-15-36-27(34)30-17-16-21(32)18-23(30)22(19-24(33)31(9)35-10)26(38-40(13,14)29(6,7)8)25(20(30)2)37-39(11,12)28(3,4)5/h18,20,22,25-26H,15-17,19H2,1-14H3/t20-,22+,25-,26-,30-/m1/s1. The Labute approximate surface area is 244 Å². The number of rotatable bonds is 9. The second-order valence-electron chi connectivity index (χ2n) is 14.6. The molecule has 0 aliphatic heterocycles. The molecule has 0 aromatic rings. The first kappa shape index (κ1) is 34.9. The zero-order valence-corrected chi connectivity index (χ0v) is 29.5. The third-order valence-electron chi connectivity index (χ3n) is 10.1. The maximum Gasteiger partial charge on any atom is 0.316 e. The summed E-state index contributed by atoms with van der Waals surface area (Å²) in [4.78, 5) is 45.6. The van der Waals surface area contributed by atoms with Crippen LogP contribution < -0.4 is 0 Å². The van der Waals surface area contributed by atoms with Crippen molar-refractivity contribution < 1.29 is 32.8 Å². The number of ether oxygens (including phenoxy) is 1. The molecule has 0 saturated heterocycles. The van der Waals surface area contributed by atoms with Gasteiger partial charge in [-0.05, 0) is 61.3 Å². The molecule has 1 saturated carbocycles. The van der Waals surface area contributed by atoms with Crippen LogP contribution in [0.15, 0.2) is 11.6 Å². The minimum Gasteiger partial charge on any atom is -0.465 e. The number of amides is 1. The Balaban J connectivity index is 2.91. The van der Waals surface area contributed by atoms with Gasteiger partial charge in [-0.2, -0.15) is 0 Å². The van der Waals surface area contributed by atoms with Gasteiger partial charge in [0.15, 0.2) is 22.4 Å². The normalized spacial score (nSPS) is 28.1. The third kappa shape index (κ3) is 6.66. The monoisotopic (exact) mass is 597 g/mol. The zero-order valence-electron chi connectivity index (χ0n) is 27.5. The minimum atomic E-state index is -2.40. The summed E-state index contributed by atoms with van der Waals surface area (Å²) in [7, 11) is -1.76. The maximum absolute atomic E-state index is 14.0. The van der Waals surface area contributed by atoms with Crippen molar-refractivity contribution in [2.24, 2.45) is 17.3 Å². The summed E-state index contributed by atoms with van der Waals surface area (Å²) in [6.45, 7) is 26.0. The molecule has 2 rings (SSSR count). The van der Waals surface area contributed by atoms with Crippen molar-refractivity contribution in [1.29, 1.82) is 0 Å². The van der Waals surface area contributed by atoms with Crippen molar-refractivity contribution in [3.05, 3.63) is 11.6 Å². The lowest BCUT2D eigenvalue weighted by molar-refractivity contribution is -0.177. The Morgan fingerprint density at radius 2 is 1.50 bits per heavy atom. The van der Waals surface area contributed by atoms with E-state index in [2.05, 4.69) is 67.7 Å². The SMILES string of the molecule is CCOC(=O)[C@@]12CCC(=O)C=C1[C@H](CC(=O)N(C)OC)[C@@H](O[Si](C)(C)C(C)(C)C)[C@H](O[Si](C)(C)C(C)(C)C)[C@H]2C. The summed E-state index contributed by atoms with van der Waals surface area (Å²) in [5.41, 5.74) is -0.438. The second kappa shape index (κ2) is 12.1. The van der Waals surface area contributed by atoms with E-state index < -0.39 is 40.2 Å². The number of hydroxylamine groups is 2. The van der Waals surface area contributed by atoms with Gasteiger partial charge in [0.05, 0.1) is 31.3 Å². The van der Waals surface area contributed by atoms with E-state index in [0.29, 0.717) is 12.0 Å². The summed E-state index contributed by atoms with van der Waals surface area (Å²) >= 11 is 0. The quantitative estimate of drug-likeness (QED) is 0.175. The molecule has 10 heteroatoms. The van der Waals surface area contributed by atoms with Crippen LogP contribution in [0.2, 0.25) is 36.3 Å². The smallest absolute Gasteiger partial charge is 0.316 e. The van der Waals surface area contributed by atoms with Crippen molar-refractivity contribution in [3.8, 4) is 0 Å². The van der Waals surface area contributed by atoms with Crippen LogP contribution in [-0.4, -0.2) is 72.3 Å². The fourth-order valence-corrected chi connectivity index (χ4v) is 8.11. The molecule has 1 amide bonds. The summed E-state index contributed by atoms with van der Waals surface area (Å²) in [5, 5.41) is 0.996. The van der Waals surface area contributed by atoms with Crippen LogP contribution >= 0.6 is 0 Å². The number of nitrogens with zero attached hydrogens (tertiary/aromatic N) is 1. The molecule has 0 unspecified atom stereocenters. The first-order chi connectivity index (χ1) is 18.1. The fraction of sp³-hybridized carbons (Fsp3) is 0.833. The average molecular weight is 598 g/mol. The second-order valence-corrected chi connectivity index (χ2v) is 24.1. The number of carbonyl (C=O) groups excluding carboxylic acids is 3. The minimum absolute atomic E-state index is 0.0218. The fourth-order valence-electron chi connectivity index (χ4n) is 5.40. The lowest BCUT2D eigenvalue weighted by Crippen LogP contribution is -2.65. The molecule has 0 bridgehead atoms. The van der Waals surface area contributed by atoms with Gasteiger partial charge in [-0.1, -0.05) is 48.5 Å². The molecule has 0 radical (unpaired) electrons. The first-order valence-corrected chi connectivity index (χ1v) is 20.5. The summed E-state index contributed by atoms with van der Waals surface area (Å²) in [5.74, 6) is -1.54. The molecule has 0 spiro atoms. The van der Waals surface area contributed by atoms with Crippen molar-refractivity contribution in [2.45, 2.75) is 123 Å². The largest absolute Gasteiger partial charge is 0.465 e. The van der Waals surface area contributed by atoms with E-state index in [1.165, 1.54) is 12.2 Å². The van der Waals surface area contributed by atoms with Gasteiger partial charge in [-0.25, -0.2) is 5.06 Å². The Hall–Kier alpha value is -1.34. The number of fused-ring (bicyclic) bond motifs is 1. The predicted molar refractivity (Wildman–Crippen MR) is 163 cm³/mol. The molecule has 0 aromatic heterocycles. The third-order valence-corrected chi connectivity index (χ3v) is 19.1. The molecule has 0 N–H and O–H groups in total. The van der Waals surface area contributed by atoms with Crippen LogP contribution in [0.1, 0.15) is 74.7 Å². The molecule has 0 aromatic carbocycles. The Morgan fingerprint density at radius 1 is 1.00 bits per heavy atom. The van der Waals surface area contributed by atoms with Gasteiger partial charge in [0, 0.05) is 31.7 Å². The molecule has 40 heavy (non-hydrogen) atoms. The highest BCUT2D eigenvalue weighted by Gasteiger charge is 2.63. The van der Waals surface area contributed by atoms with E-state index in [1.807, 2.05) is 6.92 Å². The Morgan fingerprint density at radius 3 is 1.95 bits per heavy atom. The summed E-state index contributed by atoms with van der Waals surface area (Å²) < 4.78 is 20.1. The number of carbonyl (C=O) groups is 3. The zero-order chi connectivity index (χ0) is 31.1. The van der Waals surface area contributed by atoms with Gasteiger partial charge >= 0.3 is 5.97 Å². The number of hydrogen-bond acceptors (Lipinski definition) is 7. The molecule has 230 valence electrons. The number of hydrogen-bond donors (Lipinski definition) is 0. The molecular formula is C30H55NO7Si2. The van der Waals surface area contributed by atoms with Crippen molar-refractivity contribution in [2.75, 3.05) is 20.8 Å². The lowest BCUT2D eigenvalue weighted by atomic mass is 9.54. The van der Waals surface area contributed by atoms with Gasteiger partial charge in [0.2, 0.25) is 5.91 Å². The van der Waals surface area contributed by atoms with Crippen LogP contribution in [0.3, 0.4) is 0 Å². The molecule has 1 fully saturated rings. The van der Waals surface area contributed by atoms with E-state index in [1.54, 1.807) is 20.0 Å². The van der Waals surface area contributed by atoms with Gasteiger partial charge in [0.1, 0.15) is 0 Å². The highest BCUT2D eigenvalue weighted by Crippen LogP contribution is 2.58. The summed E-state index contributed by atoms with van der Waals surface area (Å²) in [6, 6.07) is 0. The van der Waals surface area contributed by atoms with Crippen LogP contribution in [0.4, 0.5) is 0 Å². The van der Waals surface area contributed by atoms with E-state index >= 15 is 0 Å². The van der Waals surface area contributed by atoms with E-state index in [0.717, 1.165) is 0 Å². The highest BCUT2D eigenvalue weighted by atomic mass is 28.4. The Kier molecular flexibility index (Phi) is 10.6. The lowest BCUT2D eigenvalue weighted by Gasteiger charge is -2.58. The van der Waals surface area contributed by atoms with E-state index in [-0.39, 0.29) is 53.1 Å². The molecule has 2 aliphatic carbocycles. The van der Waals surface area contributed by atoms with Gasteiger partial charge in [0.25, 0.3) is 0 Å². The van der Waals surface area contributed by atoms with Crippen LogP contribution in [0.25, 0.3) is 0 Å². The topological polar surface area (TPSA) is 91.4 Å². The van der Waals surface area contributed by atoms with Gasteiger partial charge in [-0.15, -0.1) is 0 Å². The van der Waals surface area contributed by atoms with Crippen LogP contribution in [-0.2, 0) is 32.8 Å². The first-order valence-electron chi connectivity index (χ1n) is 14.7. The molecular weight excluding hydrogens is 543 g/mol. The predicted octanol–water partition coefficient (Wildman–Crippen LogP) is 6.28. The van der Waals surface area contributed by atoms with Crippen molar-refractivity contribution in [1.82, 2.24) is 5.06 Å². The van der Waals surface area contributed by atoms with Crippen LogP contribution in [0, 0.1) is 17.3 Å². The van der Waals surface area contributed by atoms with E-state index in [9.17, 15) is 14.4 Å². The number of ketones is 1. The average Bonchev–Trinajstić information content (AvgIpc) is 2.81. The molecule has 0 heterocycles. The van der Waals surface area contributed by atoms with E-state index in [4.69, 9.17) is 18.4 Å². The molecule has 2 aliphatic rings. The maximum atomic E-state index is 14.0. The highest BCUT2D eigenvalue weighted by molar-refractivity contribution is 6.74. The Bertz CT molecular complexity index is 995. The molecule has 5 atom stereocenters. The number of allylic oxidation sites excluding steroid dienone is 1. The van der Waals surface area contributed by atoms with Gasteiger partial charge in [-0.3, -0.25) is 19.2 Å².